The molecule has 0 saturated heterocycles. The van der Waals surface area contributed by atoms with Crippen LogP contribution in [0.4, 0.5) is 0 Å². The van der Waals surface area contributed by atoms with Gasteiger partial charge < -0.3 is 23.0 Å². The molecule has 0 N–H and O–H groups in total. The minimum absolute atomic E-state index is 0.119. The zero-order chi connectivity index (χ0) is 19.7. The van der Waals surface area contributed by atoms with Gasteiger partial charge in [-0.1, -0.05) is 11.6 Å². The first-order chi connectivity index (χ1) is 13.5. The lowest BCUT2D eigenvalue weighted by atomic mass is 10.2. The van der Waals surface area contributed by atoms with Gasteiger partial charge in [-0.15, -0.1) is 10.2 Å². The van der Waals surface area contributed by atoms with Crippen molar-refractivity contribution in [3.63, 3.8) is 0 Å². The number of benzene rings is 1. The molecular weight excluding hydrogens is 388 g/mol. The van der Waals surface area contributed by atoms with E-state index in [-0.39, 0.29) is 19.3 Å². The number of nitrogens with zero attached hydrogens (tertiary/aromatic N) is 2. The van der Waals surface area contributed by atoms with Crippen LogP contribution in [0.3, 0.4) is 0 Å². The maximum atomic E-state index is 11.9. The smallest absolute Gasteiger partial charge is 0.331 e. The lowest BCUT2D eigenvalue weighted by Gasteiger charge is -2.01. The largest absolute Gasteiger partial charge is 0.466 e. The summed E-state index contributed by atoms with van der Waals surface area (Å²) in [6, 6.07) is 5.19. The first-order valence-electron chi connectivity index (χ1n) is 8.33. The van der Waals surface area contributed by atoms with Crippen LogP contribution in [0.2, 0.25) is 5.02 Å². The van der Waals surface area contributed by atoms with E-state index in [1.165, 1.54) is 6.08 Å². The summed E-state index contributed by atoms with van der Waals surface area (Å²) in [5.41, 5.74) is 1.39. The van der Waals surface area contributed by atoms with Gasteiger partial charge in [0.1, 0.15) is 11.5 Å². The van der Waals surface area contributed by atoms with Crippen LogP contribution >= 0.6 is 11.6 Å². The molecule has 3 heterocycles. The number of fused-ring (bicyclic) bond motifs is 1. The standard InChI is InChI=1S/C19H15ClN2O6/c1-10-5-13(11(2)27-10)19-22-21-16(28-19)8-24-17(23)4-3-12-6-14(20)18-15(7-12)25-9-26-18/h3-7H,8-9H2,1-2H3/b4-3+. The number of hydrogen-bond donors (Lipinski definition) is 0. The molecule has 9 heteroatoms. The van der Waals surface area contributed by atoms with Crippen LogP contribution in [-0.4, -0.2) is 23.0 Å². The fourth-order valence-electron chi connectivity index (χ4n) is 2.69. The molecule has 0 radical (unpaired) electrons. The Bertz CT molecular complexity index is 1070. The van der Waals surface area contributed by atoms with Gasteiger partial charge in [-0.05, 0) is 43.7 Å². The number of carbonyl (C=O) groups is 1. The van der Waals surface area contributed by atoms with Crippen LogP contribution in [0.5, 0.6) is 11.5 Å². The SMILES string of the molecule is Cc1cc(-c2nnc(COC(=O)/C=C/c3cc(Cl)c4c(c3)OCO4)o2)c(C)o1. The molecule has 0 aliphatic carbocycles. The summed E-state index contributed by atoms with van der Waals surface area (Å²) in [6.45, 7) is 3.61. The molecule has 28 heavy (non-hydrogen) atoms. The first kappa shape index (κ1) is 18.1. The lowest BCUT2D eigenvalue weighted by Crippen LogP contribution is -2.00. The van der Waals surface area contributed by atoms with Crippen molar-refractivity contribution in [2.45, 2.75) is 20.5 Å². The third kappa shape index (κ3) is 3.72. The molecule has 1 aliphatic rings. The highest BCUT2D eigenvalue weighted by atomic mass is 35.5. The van der Waals surface area contributed by atoms with Gasteiger partial charge in [-0.25, -0.2) is 4.79 Å². The molecule has 0 atom stereocenters. The maximum absolute atomic E-state index is 11.9. The van der Waals surface area contributed by atoms with Crippen LogP contribution in [0.25, 0.3) is 17.5 Å². The Kier molecular flexibility index (Phi) is 4.79. The highest BCUT2D eigenvalue weighted by Crippen LogP contribution is 2.40. The molecule has 0 bridgehead atoms. The summed E-state index contributed by atoms with van der Waals surface area (Å²) < 4.78 is 26.6. The van der Waals surface area contributed by atoms with Gasteiger partial charge in [0, 0.05) is 6.08 Å². The summed E-state index contributed by atoms with van der Waals surface area (Å²) in [6.07, 6.45) is 2.84. The molecule has 0 amide bonds. The molecule has 1 aliphatic heterocycles. The van der Waals surface area contributed by atoms with Crippen LogP contribution in [-0.2, 0) is 16.1 Å². The van der Waals surface area contributed by atoms with Crippen molar-refractivity contribution in [2.75, 3.05) is 6.79 Å². The normalized spacial score (nSPS) is 12.7. The highest BCUT2D eigenvalue weighted by molar-refractivity contribution is 6.32. The molecule has 144 valence electrons. The van der Waals surface area contributed by atoms with Crippen molar-refractivity contribution >= 4 is 23.6 Å². The van der Waals surface area contributed by atoms with Crippen LogP contribution in [0, 0.1) is 13.8 Å². The van der Waals surface area contributed by atoms with E-state index in [9.17, 15) is 4.79 Å². The van der Waals surface area contributed by atoms with Crippen molar-refractivity contribution in [2.24, 2.45) is 0 Å². The van der Waals surface area contributed by atoms with Gasteiger partial charge in [0.2, 0.25) is 6.79 Å². The monoisotopic (exact) mass is 402 g/mol. The molecule has 1 aromatic carbocycles. The average molecular weight is 403 g/mol. The van der Waals surface area contributed by atoms with Gasteiger partial charge >= 0.3 is 5.97 Å². The number of carbonyl (C=O) groups excluding carboxylic acids is 1. The minimum Gasteiger partial charge on any atom is -0.466 e. The van der Waals surface area contributed by atoms with Crippen molar-refractivity contribution in [3.8, 4) is 23.0 Å². The average Bonchev–Trinajstić information content (AvgIpc) is 3.38. The Morgan fingerprint density at radius 2 is 2.07 bits per heavy atom. The van der Waals surface area contributed by atoms with E-state index >= 15 is 0 Å². The van der Waals surface area contributed by atoms with E-state index in [1.807, 2.05) is 6.92 Å². The molecular formula is C19H15ClN2O6. The van der Waals surface area contributed by atoms with E-state index in [2.05, 4.69) is 10.2 Å². The van der Waals surface area contributed by atoms with Gasteiger partial charge in [-0.2, -0.15) is 0 Å². The zero-order valence-corrected chi connectivity index (χ0v) is 15.8. The molecule has 0 fully saturated rings. The summed E-state index contributed by atoms with van der Waals surface area (Å²) in [4.78, 5) is 11.9. The molecule has 8 nitrogen and oxygen atoms in total. The number of halogens is 1. The van der Waals surface area contributed by atoms with E-state index in [1.54, 1.807) is 31.2 Å². The summed E-state index contributed by atoms with van der Waals surface area (Å²) in [5, 5.41) is 8.23. The summed E-state index contributed by atoms with van der Waals surface area (Å²) in [7, 11) is 0. The zero-order valence-electron chi connectivity index (χ0n) is 15.0. The second-order valence-corrected chi connectivity index (χ2v) is 6.41. The number of furan rings is 1. The fraction of sp³-hybridized carbons (Fsp3) is 0.211. The van der Waals surface area contributed by atoms with Crippen LogP contribution in [0.1, 0.15) is 23.0 Å². The van der Waals surface area contributed by atoms with Gasteiger partial charge in [-0.3, -0.25) is 0 Å². The third-order valence-electron chi connectivity index (χ3n) is 3.94. The summed E-state index contributed by atoms with van der Waals surface area (Å²) in [5.74, 6) is 2.37. The van der Waals surface area contributed by atoms with Crippen molar-refractivity contribution in [1.29, 1.82) is 0 Å². The maximum Gasteiger partial charge on any atom is 0.331 e. The second-order valence-electron chi connectivity index (χ2n) is 6.01. The summed E-state index contributed by atoms with van der Waals surface area (Å²) >= 11 is 6.11. The Morgan fingerprint density at radius 3 is 2.86 bits per heavy atom. The minimum atomic E-state index is -0.566. The quantitative estimate of drug-likeness (QED) is 0.465. The van der Waals surface area contributed by atoms with E-state index < -0.39 is 5.97 Å². The lowest BCUT2D eigenvalue weighted by molar-refractivity contribution is -0.139. The fourth-order valence-corrected chi connectivity index (χ4v) is 2.97. The van der Waals surface area contributed by atoms with Crippen LogP contribution in [0.15, 0.2) is 33.1 Å². The topological polar surface area (TPSA) is 96.8 Å². The van der Waals surface area contributed by atoms with Crippen molar-refractivity contribution in [1.82, 2.24) is 10.2 Å². The van der Waals surface area contributed by atoms with E-state index in [4.69, 9.17) is 34.6 Å². The van der Waals surface area contributed by atoms with Crippen molar-refractivity contribution < 1.29 is 27.8 Å². The second kappa shape index (κ2) is 7.40. The van der Waals surface area contributed by atoms with Gasteiger partial charge in [0.15, 0.2) is 18.1 Å². The molecule has 0 unspecified atom stereocenters. The number of hydrogen-bond acceptors (Lipinski definition) is 8. The first-order valence-corrected chi connectivity index (χ1v) is 8.71. The molecule has 4 rings (SSSR count). The number of aromatic nitrogens is 2. The number of aryl methyl sites for hydroxylation is 2. The van der Waals surface area contributed by atoms with Gasteiger partial charge in [0.25, 0.3) is 11.8 Å². The van der Waals surface area contributed by atoms with Crippen LogP contribution < -0.4 is 9.47 Å². The van der Waals surface area contributed by atoms with E-state index in [0.29, 0.717) is 39.3 Å². The Labute approximate surface area is 164 Å². The number of rotatable bonds is 5. The number of ether oxygens (including phenoxy) is 3. The predicted octanol–water partition coefficient (Wildman–Crippen LogP) is 4.09. The molecule has 3 aromatic rings. The molecule has 0 saturated carbocycles. The Morgan fingerprint density at radius 1 is 1.21 bits per heavy atom. The highest BCUT2D eigenvalue weighted by Gasteiger charge is 2.18. The third-order valence-corrected chi connectivity index (χ3v) is 4.22. The predicted molar refractivity (Wildman–Crippen MR) is 97.9 cm³/mol. The van der Waals surface area contributed by atoms with Crippen molar-refractivity contribution in [3.05, 3.63) is 52.3 Å². The van der Waals surface area contributed by atoms with E-state index in [0.717, 1.165) is 5.76 Å². The Balaban J connectivity index is 1.37. The molecule has 0 spiro atoms. The Hall–Kier alpha value is -3.26. The van der Waals surface area contributed by atoms with Gasteiger partial charge in [0.05, 0.1) is 10.6 Å². The number of esters is 1. The molecule has 2 aromatic heterocycles.